The third-order valence-electron chi connectivity index (χ3n) is 0.384. The fraction of sp³-hybridized carbons (Fsp3) is 0. The highest BCUT2D eigenvalue weighted by Crippen LogP contribution is 1.57. The van der Waals surface area contributed by atoms with Crippen molar-refractivity contribution in [1.82, 2.24) is 10.7 Å². The number of nitrogens with zero attached hydrogens (tertiary/aromatic N) is 2. The van der Waals surface area contributed by atoms with Gasteiger partial charge in [-0.2, -0.15) is 5.26 Å². The molecule has 0 aliphatic rings. The Kier molecular flexibility index (Phi) is 2.55. The quantitative estimate of drug-likeness (QED) is 0.102. The fourth-order valence-electron chi connectivity index (χ4n) is 0.175. The van der Waals surface area contributed by atoms with Crippen LogP contribution in [0, 0.1) is 27.0 Å². The summed E-state index contributed by atoms with van der Waals surface area (Å²) in [7, 11) is 0. The first-order chi connectivity index (χ1) is 4.16. The molecule has 9 heavy (non-hydrogen) atoms. The van der Waals surface area contributed by atoms with E-state index in [9.17, 15) is 10.1 Å². The summed E-state index contributed by atoms with van der Waals surface area (Å²) in [6.07, 6.45) is 1.33. The highest BCUT2D eigenvalue weighted by Gasteiger charge is 1.98. The minimum Gasteiger partial charge on any atom is -0.264 e. The molecule has 48 valence electrons. The molecule has 0 heterocycles. The maximum Gasteiger partial charge on any atom is 0.264 e. The van der Waals surface area contributed by atoms with E-state index in [1.165, 1.54) is 11.6 Å². The van der Waals surface area contributed by atoms with Gasteiger partial charge in [0.1, 0.15) is 0 Å². The molecule has 0 unspecified atom stereocenters. The minimum absolute atomic E-state index is 0.650. The Morgan fingerprint density at radius 3 is 2.78 bits per heavy atom. The van der Waals surface area contributed by atoms with E-state index in [2.05, 4.69) is 0 Å². The van der Waals surface area contributed by atoms with Crippen LogP contribution in [0.4, 0.5) is 0 Å². The highest BCUT2D eigenvalue weighted by atomic mass is 16.7. The molecule has 0 aliphatic carbocycles. The Hall–Kier alpha value is -1.84. The summed E-state index contributed by atoms with van der Waals surface area (Å²) in [6.45, 7) is 0. The summed E-state index contributed by atoms with van der Waals surface area (Å²) in [6, 6.07) is 0. The molecular formula is C2H3N5O2. The summed E-state index contributed by atoms with van der Waals surface area (Å²) in [5.74, 6) is -0.650. The second-order valence-corrected chi connectivity index (χ2v) is 0.981. The maximum atomic E-state index is 9.49. The van der Waals surface area contributed by atoms with E-state index in [0.717, 1.165) is 0 Å². The van der Waals surface area contributed by atoms with Crippen molar-refractivity contribution in [3.05, 3.63) is 10.1 Å². The average molecular weight is 129 g/mol. The van der Waals surface area contributed by atoms with Crippen molar-refractivity contribution in [3.8, 4) is 6.19 Å². The second kappa shape index (κ2) is 3.20. The molecule has 3 N–H and O–H groups in total. The average Bonchev–Trinajstić information content (AvgIpc) is 1.63. The normalized spacial score (nSPS) is 7.00. The lowest BCUT2D eigenvalue weighted by Gasteiger charge is -1.92. The number of hydrazine groups is 1. The van der Waals surface area contributed by atoms with Crippen molar-refractivity contribution >= 4 is 5.96 Å². The van der Waals surface area contributed by atoms with Gasteiger partial charge in [-0.05, 0) is 0 Å². The Labute approximate surface area is 49.9 Å². The number of hydrogen-bond acceptors (Lipinski definition) is 4. The lowest BCUT2D eigenvalue weighted by atomic mass is 11.0. The second-order valence-electron chi connectivity index (χ2n) is 0.981. The van der Waals surface area contributed by atoms with Gasteiger partial charge in [-0.25, -0.2) is 10.1 Å². The molecule has 0 aliphatic heterocycles. The third-order valence-corrected chi connectivity index (χ3v) is 0.384. The van der Waals surface area contributed by atoms with Gasteiger partial charge in [-0.15, -0.1) is 0 Å². The van der Waals surface area contributed by atoms with Gasteiger partial charge in [-0.3, -0.25) is 10.7 Å². The molecule has 0 radical (unpaired) electrons. The smallest absolute Gasteiger partial charge is 0.264 e. The van der Waals surface area contributed by atoms with Crippen LogP contribution in [0.5, 0.6) is 0 Å². The molecule has 0 rings (SSSR count). The molecule has 0 spiro atoms. The zero-order chi connectivity index (χ0) is 7.28. The molecule has 7 heteroatoms. The molecule has 0 aromatic heterocycles. The first-order valence-corrected chi connectivity index (χ1v) is 1.81. The SMILES string of the molecule is N#CNC(=N)N[N+](=O)[O-]. The Morgan fingerprint density at radius 1 is 1.89 bits per heavy atom. The Morgan fingerprint density at radius 2 is 2.44 bits per heavy atom. The predicted octanol–water partition coefficient (Wildman–Crippen LogP) is -1.23. The highest BCUT2D eigenvalue weighted by molar-refractivity contribution is 5.76. The van der Waals surface area contributed by atoms with Crippen molar-refractivity contribution in [2.24, 2.45) is 0 Å². The Balaban J connectivity index is 3.54. The van der Waals surface area contributed by atoms with Crippen molar-refractivity contribution in [2.45, 2.75) is 0 Å². The standard InChI is InChI=1S/C2H3N5O2/c3-1-5-2(4)6-7(8)9/h(H3,4,5,6). The largest absolute Gasteiger partial charge is 0.264 e. The van der Waals surface area contributed by atoms with Gasteiger partial charge in [-0.1, -0.05) is 5.43 Å². The molecule has 0 atom stereocenters. The van der Waals surface area contributed by atoms with Gasteiger partial charge >= 0.3 is 0 Å². The van der Waals surface area contributed by atoms with E-state index in [4.69, 9.17) is 10.7 Å². The van der Waals surface area contributed by atoms with Crippen molar-refractivity contribution < 1.29 is 5.03 Å². The summed E-state index contributed by atoms with van der Waals surface area (Å²) < 4.78 is 0. The van der Waals surface area contributed by atoms with Gasteiger partial charge in [0.15, 0.2) is 11.2 Å². The van der Waals surface area contributed by atoms with Crippen molar-refractivity contribution in [1.29, 1.82) is 10.7 Å². The lowest BCUT2D eigenvalue weighted by molar-refractivity contribution is -0.525. The van der Waals surface area contributed by atoms with Gasteiger partial charge in [0.25, 0.3) is 5.96 Å². The van der Waals surface area contributed by atoms with Crippen LogP contribution in [0.15, 0.2) is 0 Å². The van der Waals surface area contributed by atoms with E-state index in [0.29, 0.717) is 0 Å². The summed E-state index contributed by atoms with van der Waals surface area (Å²) in [4.78, 5) is 9.49. The molecular weight excluding hydrogens is 126 g/mol. The van der Waals surface area contributed by atoms with E-state index in [1.807, 2.05) is 0 Å². The molecule has 0 fully saturated rings. The van der Waals surface area contributed by atoms with Gasteiger partial charge in [0, 0.05) is 0 Å². The maximum absolute atomic E-state index is 9.49. The van der Waals surface area contributed by atoms with Gasteiger partial charge in [0.05, 0.1) is 0 Å². The zero-order valence-corrected chi connectivity index (χ0v) is 4.21. The van der Waals surface area contributed by atoms with Crippen LogP contribution >= 0.6 is 0 Å². The molecule has 7 nitrogen and oxygen atoms in total. The van der Waals surface area contributed by atoms with Crippen LogP contribution < -0.4 is 10.7 Å². The van der Waals surface area contributed by atoms with E-state index in [1.54, 1.807) is 5.32 Å². The van der Waals surface area contributed by atoms with Crippen molar-refractivity contribution in [2.75, 3.05) is 0 Å². The number of nitro groups is 1. The Bertz CT molecular complexity index is 168. The van der Waals surface area contributed by atoms with Gasteiger partial charge in [0.2, 0.25) is 0 Å². The van der Waals surface area contributed by atoms with Crippen LogP contribution in [-0.2, 0) is 0 Å². The van der Waals surface area contributed by atoms with Crippen LogP contribution in [0.2, 0.25) is 0 Å². The first kappa shape index (κ1) is 7.16. The van der Waals surface area contributed by atoms with Crippen LogP contribution in [0.25, 0.3) is 0 Å². The van der Waals surface area contributed by atoms with Crippen LogP contribution in [0.1, 0.15) is 0 Å². The molecule has 0 aromatic rings. The van der Waals surface area contributed by atoms with E-state index < -0.39 is 11.0 Å². The summed E-state index contributed by atoms with van der Waals surface area (Å²) in [5.41, 5.74) is 1.42. The first-order valence-electron chi connectivity index (χ1n) is 1.81. The summed E-state index contributed by atoms with van der Waals surface area (Å²) in [5, 5.41) is 24.6. The number of hydrogen-bond donors (Lipinski definition) is 3. The number of rotatable bonds is 1. The molecule has 0 saturated carbocycles. The fourth-order valence-corrected chi connectivity index (χ4v) is 0.175. The van der Waals surface area contributed by atoms with Crippen LogP contribution in [-0.4, -0.2) is 11.0 Å². The minimum atomic E-state index is -0.938. The van der Waals surface area contributed by atoms with Crippen LogP contribution in [0.3, 0.4) is 0 Å². The molecule has 0 bridgehead atoms. The molecule has 0 saturated heterocycles. The topological polar surface area (TPSA) is 115 Å². The third kappa shape index (κ3) is 4.00. The number of guanidine groups is 1. The number of nitriles is 1. The monoisotopic (exact) mass is 129 g/mol. The van der Waals surface area contributed by atoms with Crippen molar-refractivity contribution in [3.63, 3.8) is 0 Å². The zero-order valence-electron chi connectivity index (χ0n) is 4.21. The predicted molar refractivity (Wildman–Crippen MR) is 26.6 cm³/mol. The molecule has 0 amide bonds. The number of nitrogens with one attached hydrogen (secondary N) is 3. The van der Waals surface area contributed by atoms with E-state index >= 15 is 0 Å². The van der Waals surface area contributed by atoms with Gasteiger partial charge < -0.3 is 0 Å². The van der Waals surface area contributed by atoms with E-state index in [-0.39, 0.29) is 0 Å². The molecule has 0 aromatic carbocycles. The lowest BCUT2D eigenvalue weighted by Crippen LogP contribution is -2.37. The summed E-state index contributed by atoms with van der Waals surface area (Å²) >= 11 is 0.